The number of rotatable bonds is 10. The number of alkyl halides is 1. The van der Waals surface area contributed by atoms with Crippen LogP contribution in [-0.2, 0) is 9.16 Å². The molecule has 3 heterocycles. The van der Waals surface area contributed by atoms with Crippen molar-refractivity contribution in [3.05, 3.63) is 6.33 Å². The van der Waals surface area contributed by atoms with Gasteiger partial charge in [0.25, 0.3) is 0 Å². The van der Waals surface area contributed by atoms with E-state index in [2.05, 4.69) is 63.5 Å². The van der Waals surface area contributed by atoms with Crippen molar-refractivity contribution >= 4 is 36.9 Å². The Bertz CT molecular complexity index is 922. The van der Waals surface area contributed by atoms with Gasteiger partial charge in [0.15, 0.2) is 18.0 Å². The van der Waals surface area contributed by atoms with Crippen LogP contribution in [-0.4, -0.2) is 63.9 Å². The zero-order chi connectivity index (χ0) is 24.5. The molecule has 0 saturated carbocycles. The van der Waals surface area contributed by atoms with E-state index in [0.29, 0.717) is 21.9 Å². The fourth-order valence-electron chi connectivity index (χ4n) is 5.26. The number of nitrogen functional groups attached to an aromatic ring is 1. The van der Waals surface area contributed by atoms with Gasteiger partial charge in [-0.05, 0) is 28.8 Å². The van der Waals surface area contributed by atoms with Gasteiger partial charge in [0, 0.05) is 0 Å². The Balaban J connectivity index is 2.02. The quantitative estimate of drug-likeness (QED) is 0.358. The van der Waals surface area contributed by atoms with E-state index in [1.54, 1.807) is 0 Å². The molecule has 3 N–H and O–H groups in total. The molecule has 0 aliphatic carbocycles. The van der Waals surface area contributed by atoms with Crippen molar-refractivity contribution < 1.29 is 18.7 Å². The lowest BCUT2D eigenvalue weighted by Crippen LogP contribution is -2.53. The summed E-state index contributed by atoms with van der Waals surface area (Å²) in [5.74, 6) is 1.14. The molecule has 1 aliphatic heterocycles. The van der Waals surface area contributed by atoms with Gasteiger partial charge in [-0.1, -0.05) is 48.5 Å². The molecule has 1 saturated heterocycles. The van der Waals surface area contributed by atoms with Crippen molar-refractivity contribution in [2.45, 2.75) is 101 Å². The van der Waals surface area contributed by atoms with Gasteiger partial charge in [-0.3, -0.25) is 0 Å². The highest BCUT2D eigenvalue weighted by molar-refractivity contribution is 7.99. The van der Waals surface area contributed by atoms with Crippen LogP contribution in [0.3, 0.4) is 0 Å². The number of aromatic nitrogens is 4. The topological polar surface area (TPSA) is 108 Å². The van der Waals surface area contributed by atoms with Gasteiger partial charge in [-0.2, -0.15) is 5.10 Å². The van der Waals surface area contributed by atoms with Crippen LogP contribution in [0.1, 0.15) is 61.1 Å². The first-order valence-electron chi connectivity index (χ1n) is 11.8. The molecule has 3 rings (SSSR count). The molecule has 33 heavy (non-hydrogen) atoms. The monoisotopic (exact) mass is 499 g/mol. The molecule has 0 unspecified atom stereocenters. The second-order valence-corrected chi connectivity index (χ2v) is 16.1. The lowest BCUT2D eigenvalue weighted by Gasteiger charge is -2.44. The third kappa shape index (κ3) is 4.66. The van der Waals surface area contributed by atoms with Gasteiger partial charge in [0.1, 0.15) is 29.4 Å². The molecule has 11 heteroatoms. The molecule has 1 fully saturated rings. The van der Waals surface area contributed by atoms with Gasteiger partial charge in [-0.15, -0.1) is 11.8 Å². The minimum atomic E-state index is -2.41. The molecule has 0 bridgehead atoms. The summed E-state index contributed by atoms with van der Waals surface area (Å²) in [5.41, 5.74) is 7.38. The summed E-state index contributed by atoms with van der Waals surface area (Å²) in [6.45, 7) is 14.6. The Kier molecular flexibility index (Phi) is 8.42. The summed E-state index contributed by atoms with van der Waals surface area (Å²) in [4.78, 5) is 8.43. The Morgan fingerprint density at radius 1 is 1.21 bits per heavy atom. The first-order valence-corrected chi connectivity index (χ1v) is 14.9. The number of anilines is 1. The summed E-state index contributed by atoms with van der Waals surface area (Å²) < 4.78 is 30.3. The summed E-state index contributed by atoms with van der Waals surface area (Å²) in [6.07, 6.45) is -1.97. The van der Waals surface area contributed by atoms with Crippen LogP contribution >= 0.6 is 11.8 Å². The first-order chi connectivity index (χ1) is 15.6. The van der Waals surface area contributed by atoms with Crippen LogP contribution in [0.25, 0.3) is 11.0 Å². The van der Waals surface area contributed by atoms with Crippen molar-refractivity contribution in [1.29, 1.82) is 0 Å². The average Bonchev–Trinajstić information content (AvgIpc) is 3.27. The van der Waals surface area contributed by atoms with E-state index < -0.39 is 32.9 Å². The lowest BCUT2D eigenvalue weighted by atomic mass is 10.1. The third-order valence-electron chi connectivity index (χ3n) is 6.66. The molecule has 8 nitrogen and oxygen atoms in total. The summed E-state index contributed by atoms with van der Waals surface area (Å²) in [6, 6.07) is 0. The highest BCUT2D eigenvalue weighted by Gasteiger charge is 2.54. The predicted octanol–water partition coefficient (Wildman–Crippen LogP) is 4.70. The number of halogens is 1. The van der Waals surface area contributed by atoms with E-state index in [4.69, 9.17) is 14.9 Å². The Morgan fingerprint density at radius 2 is 1.85 bits per heavy atom. The first kappa shape index (κ1) is 26.3. The third-order valence-corrected chi connectivity index (χ3v) is 13.9. The second-order valence-electron chi connectivity index (χ2n) is 9.65. The van der Waals surface area contributed by atoms with Crippen LogP contribution in [0.2, 0.25) is 16.6 Å². The van der Waals surface area contributed by atoms with E-state index in [9.17, 15) is 5.11 Å². The molecule has 0 spiro atoms. The van der Waals surface area contributed by atoms with E-state index >= 15 is 4.39 Å². The number of thioether (sulfide) groups is 1. The number of ether oxygens (including phenoxy) is 1. The van der Waals surface area contributed by atoms with Crippen molar-refractivity contribution in [2.24, 2.45) is 0 Å². The van der Waals surface area contributed by atoms with Gasteiger partial charge < -0.3 is 20.0 Å². The molecular formula is C22H38FN5O3SSi. The highest BCUT2D eigenvalue weighted by Crippen LogP contribution is 2.47. The number of fused-ring (bicyclic) bond motifs is 1. The van der Waals surface area contributed by atoms with E-state index in [-0.39, 0.29) is 23.2 Å². The zero-order valence-corrected chi connectivity index (χ0v) is 22.5. The van der Waals surface area contributed by atoms with E-state index in [1.807, 2.05) is 0 Å². The number of aliphatic hydroxyl groups is 1. The molecular weight excluding hydrogens is 461 g/mol. The lowest BCUT2D eigenvalue weighted by molar-refractivity contribution is -0.0500. The Hall–Kier alpha value is -1.27. The molecule has 0 amide bonds. The molecule has 2 aromatic heterocycles. The number of nitrogens with zero attached hydrogens (tertiary/aromatic N) is 4. The SMILES string of the molecule is CCCSc1nn([C@@H]2O[C@H](CO)[C@@H](O[Si](C(C)C)(C(C)C)C(C)C)[C@@H]2F)c2ncnc(N)c12. The van der Waals surface area contributed by atoms with Gasteiger partial charge in [0.2, 0.25) is 8.32 Å². The molecule has 0 aromatic carbocycles. The zero-order valence-electron chi connectivity index (χ0n) is 20.7. The summed E-state index contributed by atoms with van der Waals surface area (Å²) in [7, 11) is -2.41. The predicted molar refractivity (Wildman–Crippen MR) is 133 cm³/mol. The molecule has 186 valence electrons. The van der Waals surface area contributed by atoms with E-state index in [1.165, 1.54) is 22.8 Å². The standard InChI is InChI=1S/C22H38FN5O3SSi/c1-8-9-32-21-16-19(24)25-11-26-20(16)28(27-21)22-17(23)18(15(10-29)30-22)31-33(12(2)3,13(4)5)14(6)7/h11-15,17-18,22,29H,8-10H2,1-7H3,(H2,24,25,26)/t15-,17+,18-,22-/m1/s1. The maximum absolute atomic E-state index is 16.1. The van der Waals surface area contributed by atoms with Gasteiger partial charge >= 0.3 is 0 Å². The van der Waals surface area contributed by atoms with Crippen LogP contribution in [0.15, 0.2) is 11.4 Å². The van der Waals surface area contributed by atoms with Crippen LogP contribution in [0, 0.1) is 0 Å². The Labute approximate surface area is 201 Å². The van der Waals surface area contributed by atoms with Crippen molar-refractivity contribution in [2.75, 3.05) is 18.1 Å². The van der Waals surface area contributed by atoms with Crippen molar-refractivity contribution in [3.8, 4) is 0 Å². The fraction of sp³-hybridized carbons (Fsp3) is 0.773. The highest BCUT2D eigenvalue weighted by atomic mass is 32.2. The van der Waals surface area contributed by atoms with Gasteiger partial charge in [-0.25, -0.2) is 19.0 Å². The fourth-order valence-corrected chi connectivity index (χ4v) is 11.7. The number of hydrogen-bond acceptors (Lipinski definition) is 8. The molecule has 2 aromatic rings. The normalized spacial score (nSPS) is 24.1. The average molecular weight is 500 g/mol. The smallest absolute Gasteiger partial charge is 0.201 e. The van der Waals surface area contributed by atoms with Crippen molar-refractivity contribution in [3.63, 3.8) is 0 Å². The van der Waals surface area contributed by atoms with Gasteiger partial charge in [0.05, 0.1) is 12.0 Å². The summed E-state index contributed by atoms with van der Waals surface area (Å²) in [5, 5.41) is 16.0. The number of nitrogens with two attached hydrogens (primary N) is 1. The Morgan fingerprint density at radius 3 is 2.39 bits per heavy atom. The van der Waals surface area contributed by atoms with Crippen molar-refractivity contribution in [1.82, 2.24) is 19.7 Å². The molecule has 1 aliphatic rings. The maximum atomic E-state index is 16.1. The van der Waals surface area contributed by atoms with E-state index in [0.717, 1.165) is 12.2 Å². The largest absolute Gasteiger partial charge is 0.407 e. The second kappa shape index (κ2) is 10.6. The van der Waals surface area contributed by atoms with Crippen LogP contribution in [0.5, 0.6) is 0 Å². The molecule has 0 radical (unpaired) electrons. The minimum absolute atomic E-state index is 0.276. The maximum Gasteiger partial charge on any atom is 0.201 e. The van der Waals surface area contributed by atoms with Crippen LogP contribution < -0.4 is 5.73 Å². The molecule has 4 atom stereocenters. The number of aliphatic hydroxyl groups excluding tert-OH is 1. The summed E-state index contributed by atoms with van der Waals surface area (Å²) >= 11 is 1.53. The van der Waals surface area contributed by atoms with Crippen LogP contribution in [0.4, 0.5) is 10.2 Å². The minimum Gasteiger partial charge on any atom is -0.407 e. The number of hydrogen-bond donors (Lipinski definition) is 2.